The minimum Gasteiger partial charge on any atom is -0.390 e. The van der Waals surface area contributed by atoms with E-state index in [9.17, 15) is 9.90 Å². The van der Waals surface area contributed by atoms with Crippen LogP contribution in [0.3, 0.4) is 0 Å². The number of pyridine rings is 1. The van der Waals surface area contributed by atoms with Gasteiger partial charge in [-0.2, -0.15) is 10.2 Å². The number of nitrogens with one attached hydrogen (secondary N) is 2. The Morgan fingerprint density at radius 1 is 1.21 bits per heavy atom. The van der Waals surface area contributed by atoms with Crippen LogP contribution in [-0.2, 0) is 17.6 Å². The molecule has 0 spiro atoms. The van der Waals surface area contributed by atoms with Crippen molar-refractivity contribution >= 4 is 17.2 Å². The molecule has 8 nitrogen and oxygen atoms in total. The second-order valence-corrected chi connectivity index (χ2v) is 7.65. The Labute approximate surface area is 167 Å². The summed E-state index contributed by atoms with van der Waals surface area (Å²) in [6.45, 7) is 3.42. The molecular formula is C21H22N6O2. The molecule has 1 aromatic carbocycles. The van der Waals surface area contributed by atoms with E-state index in [2.05, 4.69) is 25.6 Å². The van der Waals surface area contributed by atoms with E-state index in [1.54, 1.807) is 24.6 Å². The quantitative estimate of drug-likeness (QED) is 0.469. The highest BCUT2D eigenvalue weighted by Gasteiger charge is 2.18. The maximum atomic E-state index is 12.4. The zero-order chi connectivity index (χ0) is 20.4. The van der Waals surface area contributed by atoms with E-state index in [0.29, 0.717) is 17.8 Å². The van der Waals surface area contributed by atoms with Gasteiger partial charge >= 0.3 is 0 Å². The topological polar surface area (TPSA) is 108 Å². The number of aliphatic hydroxyl groups is 1. The number of aromatic nitrogens is 5. The lowest BCUT2D eigenvalue weighted by molar-refractivity contribution is -0.115. The number of fused-ring (bicyclic) bond motifs is 1. The number of amides is 1. The Bertz CT molecular complexity index is 1140. The van der Waals surface area contributed by atoms with Crippen molar-refractivity contribution in [3.05, 3.63) is 66.4 Å². The molecule has 29 heavy (non-hydrogen) atoms. The standard InChI is InChI=1S/C21H22N6O2/c1-21(2,29)11-17-18(12-23-26-17)25-20(28)9-14-3-5-15(6-4-14)16-7-8-27-19(10-16)22-13-24-27/h3-8,10,12-13,29H,9,11H2,1-2H3,(H,23,26)(H,25,28). The molecule has 0 aliphatic heterocycles. The molecule has 0 unspecified atom stereocenters. The van der Waals surface area contributed by atoms with Gasteiger partial charge in [-0.15, -0.1) is 0 Å². The van der Waals surface area contributed by atoms with Gasteiger partial charge in [0.15, 0.2) is 5.65 Å². The number of benzene rings is 1. The third-order valence-electron chi connectivity index (χ3n) is 4.53. The Hall–Kier alpha value is -3.52. The fraction of sp³-hybridized carbons (Fsp3) is 0.238. The van der Waals surface area contributed by atoms with Crippen molar-refractivity contribution < 1.29 is 9.90 Å². The van der Waals surface area contributed by atoms with Gasteiger partial charge in [0.05, 0.1) is 29.6 Å². The zero-order valence-electron chi connectivity index (χ0n) is 16.3. The molecule has 3 N–H and O–H groups in total. The summed E-state index contributed by atoms with van der Waals surface area (Å²) in [4.78, 5) is 16.6. The molecule has 0 atom stereocenters. The number of anilines is 1. The first-order valence-electron chi connectivity index (χ1n) is 9.30. The van der Waals surface area contributed by atoms with Crippen molar-refractivity contribution in [2.45, 2.75) is 32.3 Å². The maximum Gasteiger partial charge on any atom is 0.228 e. The molecule has 148 valence electrons. The van der Waals surface area contributed by atoms with Crippen LogP contribution >= 0.6 is 0 Å². The van der Waals surface area contributed by atoms with Crippen LogP contribution in [0.5, 0.6) is 0 Å². The summed E-state index contributed by atoms with van der Waals surface area (Å²) in [5, 5.41) is 23.7. The van der Waals surface area contributed by atoms with Crippen LogP contribution < -0.4 is 5.32 Å². The molecule has 3 heterocycles. The SMILES string of the molecule is CC(C)(O)Cc1[nH]ncc1NC(=O)Cc1ccc(-c2ccn3ncnc3c2)cc1. The van der Waals surface area contributed by atoms with Crippen LogP contribution in [0, 0.1) is 0 Å². The second kappa shape index (κ2) is 7.48. The summed E-state index contributed by atoms with van der Waals surface area (Å²) >= 11 is 0. The number of H-pyrrole nitrogens is 1. The Morgan fingerprint density at radius 2 is 2.00 bits per heavy atom. The van der Waals surface area contributed by atoms with E-state index in [4.69, 9.17) is 0 Å². The average molecular weight is 390 g/mol. The van der Waals surface area contributed by atoms with Crippen LogP contribution in [0.25, 0.3) is 16.8 Å². The lowest BCUT2D eigenvalue weighted by Crippen LogP contribution is -2.23. The summed E-state index contributed by atoms with van der Waals surface area (Å²) in [7, 11) is 0. The van der Waals surface area contributed by atoms with Crippen molar-refractivity contribution in [2.75, 3.05) is 5.32 Å². The third-order valence-corrected chi connectivity index (χ3v) is 4.53. The van der Waals surface area contributed by atoms with Crippen molar-refractivity contribution in [3.63, 3.8) is 0 Å². The van der Waals surface area contributed by atoms with Gasteiger partial charge in [0, 0.05) is 12.6 Å². The summed E-state index contributed by atoms with van der Waals surface area (Å²) in [5.74, 6) is -0.138. The molecule has 0 aliphatic rings. The molecule has 0 bridgehead atoms. The monoisotopic (exact) mass is 390 g/mol. The van der Waals surface area contributed by atoms with Gasteiger partial charge < -0.3 is 10.4 Å². The first kappa shape index (κ1) is 18.8. The second-order valence-electron chi connectivity index (χ2n) is 7.65. The number of hydrogen-bond donors (Lipinski definition) is 3. The van der Waals surface area contributed by atoms with Gasteiger partial charge in [-0.1, -0.05) is 24.3 Å². The highest BCUT2D eigenvalue weighted by Crippen LogP contribution is 2.22. The van der Waals surface area contributed by atoms with Gasteiger partial charge in [0.1, 0.15) is 6.33 Å². The first-order chi connectivity index (χ1) is 13.9. The van der Waals surface area contributed by atoms with Crippen LogP contribution in [0.15, 0.2) is 55.1 Å². The average Bonchev–Trinajstić information content (AvgIpc) is 3.30. The molecule has 1 amide bonds. The van der Waals surface area contributed by atoms with Crippen LogP contribution in [0.2, 0.25) is 0 Å². The van der Waals surface area contributed by atoms with Gasteiger partial charge in [-0.05, 0) is 42.7 Å². The fourth-order valence-corrected chi connectivity index (χ4v) is 3.18. The molecule has 4 rings (SSSR count). The highest BCUT2D eigenvalue weighted by atomic mass is 16.3. The van der Waals surface area contributed by atoms with Crippen molar-refractivity contribution in [1.82, 2.24) is 24.8 Å². The molecule has 0 radical (unpaired) electrons. The fourth-order valence-electron chi connectivity index (χ4n) is 3.18. The van der Waals surface area contributed by atoms with Crippen molar-refractivity contribution in [2.24, 2.45) is 0 Å². The van der Waals surface area contributed by atoms with E-state index in [0.717, 1.165) is 22.3 Å². The number of rotatable bonds is 6. The molecule has 0 saturated carbocycles. The molecule has 4 aromatic rings. The minimum absolute atomic E-state index is 0.138. The molecule has 0 fully saturated rings. The first-order valence-corrected chi connectivity index (χ1v) is 9.30. The van der Waals surface area contributed by atoms with Gasteiger partial charge in [0.2, 0.25) is 5.91 Å². The molecule has 0 saturated heterocycles. The Morgan fingerprint density at radius 3 is 2.76 bits per heavy atom. The Balaban J connectivity index is 1.42. The minimum atomic E-state index is -0.892. The number of carbonyl (C=O) groups is 1. The van der Waals surface area contributed by atoms with E-state index < -0.39 is 5.60 Å². The lowest BCUT2D eigenvalue weighted by Gasteiger charge is -2.16. The summed E-state index contributed by atoms with van der Waals surface area (Å²) in [6, 6.07) is 11.8. The van der Waals surface area contributed by atoms with Crippen LogP contribution in [0.4, 0.5) is 5.69 Å². The van der Waals surface area contributed by atoms with E-state index >= 15 is 0 Å². The number of aromatic amines is 1. The number of nitrogens with zero attached hydrogens (tertiary/aromatic N) is 4. The summed E-state index contributed by atoms with van der Waals surface area (Å²) < 4.78 is 1.71. The third kappa shape index (κ3) is 4.49. The van der Waals surface area contributed by atoms with E-state index in [-0.39, 0.29) is 12.3 Å². The predicted molar refractivity (Wildman–Crippen MR) is 109 cm³/mol. The van der Waals surface area contributed by atoms with Crippen LogP contribution in [-0.4, -0.2) is 41.4 Å². The molecule has 0 aliphatic carbocycles. The highest BCUT2D eigenvalue weighted by molar-refractivity contribution is 5.92. The summed E-state index contributed by atoms with van der Waals surface area (Å²) in [6.07, 6.45) is 5.57. The normalized spacial score (nSPS) is 11.7. The van der Waals surface area contributed by atoms with Gasteiger partial charge in [-0.25, -0.2) is 9.50 Å². The largest absolute Gasteiger partial charge is 0.390 e. The van der Waals surface area contributed by atoms with Gasteiger partial charge in [-0.3, -0.25) is 9.89 Å². The lowest BCUT2D eigenvalue weighted by atomic mass is 10.0. The molecule has 8 heteroatoms. The maximum absolute atomic E-state index is 12.4. The predicted octanol–water partition coefficient (Wildman–Crippen LogP) is 2.61. The van der Waals surface area contributed by atoms with Crippen LogP contribution in [0.1, 0.15) is 25.1 Å². The van der Waals surface area contributed by atoms with Crippen molar-refractivity contribution in [1.29, 1.82) is 0 Å². The Kier molecular flexibility index (Phi) is 4.85. The number of hydrogen-bond acceptors (Lipinski definition) is 5. The smallest absolute Gasteiger partial charge is 0.228 e. The van der Waals surface area contributed by atoms with Gasteiger partial charge in [0.25, 0.3) is 0 Å². The van der Waals surface area contributed by atoms with E-state index in [1.165, 1.54) is 6.33 Å². The molecule has 3 aromatic heterocycles. The number of carbonyl (C=O) groups excluding carboxylic acids is 1. The zero-order valence-corrected chi connectivity index (χ0v) is 16.3. The summed E-state index contributed by atoms with van der Waals surface area (Å²) in [5.41, 5.74) is 4.17. The van der Waals surface area contributed by atoms with E-state index in [1.807, 2.05) is 42.6 Å². The van der Waals surface area contributed by atoms with Crippen molar-refractivity contribution in [3.8, 4) is 11.1 Å². The molecular weight excluding hydrogens is 368 g/mol.